The van der Waals surface area contributed by atoms with Crippen molar-refractivity contribution in [1.82, 2.24) is 15.0 Å². The molecule has 0 spiro atoms. The molecular formula is C14H13Br2N3O4. The highest BCUT2D eigenvalue weighted by atomic mass is 79.9. The number of carbonyl (C=O) groups excluding carboxylic acids is 1. The van der Waals surface area contributed by atoms with Crippen molar-refractivity contribution in [2.45, 2.75) is 6.92 Å². The van der Waals surface area contributed by atoms with Crippen molar-refractivity contribution in [3.05, 3.63) is 45.0 Å². The van der Waals surface area contributed by atoms with Gasteiger partial charge in [0, 0.05) is 6.07 Å². The van der Waals surface area contributed by atoms with Gasteiger partial charge >= 0.3 is 5.97 Å². The highest BCUT2D eigenvalue weighted by molar-refractivity contribution is 9.13. The van der Waals surface area contributed by atoms with E-state index in [2.05, 4.69) is 46.8 Å². The SMILES string of the molecule is CO/C=C(\Oc1cc(-n2nc(Br)c(Br)n2)ccc1C)C(=O)OC. The summed E-state index contributed by atoms with van der Waals surface area (Å²) in [6, 6.07) is 5.37. The van der Waals surface area contributed by atoms with E-state index in [0.717, 1.165) is 5.56 Å². The molecule has 0 saturated heterocycles. The lowest BCUT2D eigenvalue weighted by Gasteiger charge is -2.11. The Kier molecular flexibility index (Phi) is 5.78. The zero-order valence-corrected chi connectivity index (χ0v) is 15.7. The fourth-order valence-electron chi connectivity index (χ4n) is 1.65. The van der Waals surface area contributed by atoms with Gasteiger partial charge in [-0.05, 0) is 50.4 Å². The van der Waals surface area contributed by atoms with E-state index < -0.39 is 5.97 Å². The molecule has 0 radical (unpaired) electrons. The van der Waals surface area contributed by atoms with Crippen LogP contribution >= 0.6 is 31.9 Å². The molecule has 0 aliphatic rings. The summed E-state index contributed by atoms with van der Waals surface area (Å²) in [5.41, 5.74) is 1.49. The maximum atomic E-state index is 11.7. The lowest BCUT2D eigenvalue weighted by Crippen LogP contribution is -2.12. The van der Waals surface area contributed by atoms with Crippen LogP contribution in [0.1, 0.15) is 5.56 Å². The van der Waals surface area contributed by atoms with Crippen molar-refractivity contribution in [1.29, 1.82) is 0 Å². The monoisotopic (exact) mass is 445 g/mol. The fraction of sp³-hybridized carbons (Fsp3) is 0.214. The minimum absolute atomic E-state index is 0.0639. The first-order valence-corrected chi connectivity index (χ1v) is 7.93. The quantitative estimate of drug-likeness (QED) is 0.399. The molecule has 0 fully saturated rings. The molecule has 9 heteroatoms. The summed E-state index contributed by atoms with van der Waals surface area (Å²) >= 11 is 6.55. The third-order valence-corrected chi connectivity index (χ3v) is 4.37. The van der Waals surface area contributed by atoms with Gasteiger partial charge in [-0.2, -0.15) is 0 Å². The number of hydrogen-bond donors (Lipinski definition) is 0. The Bertz CT molecular complexity index is 739. The van der Waals surface area contributed by atoms with E-state index in [1.807, 2.05) is 19.1 Å². The third kappa shape index (κ3) is 4.11. The summed E-state index contributed by atoms with van der Waals surface area (Å²) in [6.07, 6.45) is 1.18. The summed E-state index contributed by atoms with van der Waals surface area (Å²) in [5, 5.41) is 8.41. The summed E-state index contributed by atoms with van der Waals surface area (Å²) in [6.45, 7) is 1.85. The topological polar surface area (TPSA) is 75.5 Å². The number of hydrogen-bond acceptors (Lipinski definition) is 6. The Labute approximate surface area is 149 Å². The van der Waals surface area contributed by atoms with Crippen LogP contribution in [0.25, 0.3) is 5.69 Å². The van der Waals surface area contributed by atoms with E-state index in [1.54, 1.807) is 6.07 Å². The normalized spacial score (nSPS) is 11.3. The van der Waals surface area contributed by atoms with Crippen LogP contribution in [0.3, 0.4) is 0 Å². The summed E-state index contributed by atoms with van der Waals surface area (Å²) < 4.78 is 16.3. The molecule has 0 bridgehead atoms. The molecular weight excluding hydrogens is 434 g/mol. The molecule has 23 heavy (non-hydrogen) atoms. The van der Waals surface area contributed by atoms with Gasteiger partial charge in [0.25, 0.3) is 0 Å². The van der Waals surface area contributed by atoms with Crippen molar-refractivity contribution in [3.8, 4) is 11.4 Å². The van der Waals surface area contributed by atoms with Crippen molar-refractivity contribution in [3.63, 3.8) is 0 Å². The number of rotatable bonds is 5. The van der Waals surface area contributed by atoms with Crippen LogP contribution in [-0.2, 0) is 14.3 Å². The highest BCUT2D eigenvalue weighted by Crippen LogP contribution is 2.25. The van der Waals surface area contributed by atoms with E-state index in [1.165, 1.54) is 25.3 Å². The number of halogens is 2. The molecule has 1 heterocycles. The molecule has 7 nitrogen and oxygen atoms in total. The van der Waals surface area contributed by atoms with E-state index in [0.29, 0.717) is 20.6 Å². The molecule has 0 aliphatic carbocycles. The lowest BCUT2D eigenvalue weighted by molar-refractivity contribution is -0.138. The number of aryl methyl sites for hydroxylation is 1. The van der Waals surface area contributed by atoms with Gasteiger partial charge in [-0.25, -0.2) is 4.79 Å². The van der Waals surface area contributed by atoms with E-state index >= 15 is 0 Å². The van der Waals surface area contributed by atoms with Crippen molar-refractivity contribution in [2.75, 3.05) is 14.2 Å². The maximum Gasteiger partial charge on any atom is 0.377 e. The van der Waals surface area contributed by atoms with Crippen LogP contribution < -0.4 is 4.74 Å². The molecule has 0 aliphatic heterocycles. The molecule has 0 N–H and O–H groups in total. The molecule has 0 unspecified atom stereocenters. The van der Waals surface area contributed by atoms with Gasteiger partial charge in [0.15, 0.2) is 9.21 Å². The number of ether oxygens (including phenoxy) is 3. The number of esters is 1. The van der Waals surface area contributed by atoms with E-state index in [4.69, 9.17) is 9.47 Å². The van der Waals surface area contributed by atoms with Crippen molar-refractivity contribution in [2.24, 2.45) is 0 Å². The second-order valence-electron chi connectivity index (χ2n) is 4.33. The molecule has 1 aromatic carbocycles. The van der Waals surface area contributed by atoms with Gasteiger partial charge in [0.2, 0.25) is 5.76 Å². The molecule has 0 amide bonds. The lowest BCUT2D eigenvalue weighted by atomic mass is 10.2. The number of benzene rings is 1. The predicted molar refractivity (Wildman–Crippen MR) is 89.2 cm³/mol. The summed E-state index contributed by atoms with van der Waals surface area (Å²) in [4.78, 5) is 13.1. The Balaban J connectivity index is 2.37. The third-order valence-electron chi connectivity index (χ3n) is 2.77. The fourth-order valence-corrected chi connectivity index (χ4v) is 2.11. The predicted octanol–water partition coefficient (Wildman–Crippen LogP) is 3.14. The van der Waals surface area contributed by atoms with Gasteiger partial charge in [-0.1, -0.05) is 6.07 Å². The molecule has 0 atom stereocenters. The molecule has 122 valence electrons. The zero-order chi connectivity index (χ0) is 17.0. The maximum absolute atomic E-state index is 11.7. The van der Waals surface area contributed by atoms with Crippen molar-refractivity contribution < 1.29 is 19.0 Å². The minimum Gasteiger partial charge on any atom is -0.500 e. The summed E-state index contributed by atoms with van der Waals surface area (Å²) in [7, 11) is 2.68. The Morgan fingerprint density at radius 3 is 2.43 bits per heavy atom. The first-order valence-electron chi connectivity index (χ1n) is 6.34. The second kappa shape index (κ2) is 7.60. The molecule has 2 rings (SSSR count). The van der Waals surface area contributed by atoms with Crippen LogP contribution in [0.15, 0.2) is 39.4 Å². The Morgan fingerprint density at radius 1 is 1.22 bits per heavy atom. The van der Waals surface area contributed by atoms with Crippen LogP contribution in [0.5, 0.6) is 5.75 Å². The van der Waals surface area contributed by atoms with Crippen molar-refractivity contribution >= 4 is 37.8 Å². The van der Waals surface area contributed by atoms with Gasteiger partial charge < -0.3 is 14.2 Å². The standard InChI is InChI=1S/C14H13Br2N3O4/c1-8-4-5-9(19-17-12(15)13(16)18-19)6-10(8)23-11(7-21-2)14(20)22-3/h4-7H,1-3H3/b11-7-. The van der Waals surface area contributed by atoms with E-state index in [9.17, 15) is 4.79 Å². The molecule has 0 saturated carbocycles. The average Bonchev–Trinajstić information content (AvgIpc) is 2.87. The number of methoxy groups -OCH3 is 2. The number of nitrogens with zero attached hydrogens (tertiary/aromatic N) is 3. The average molecular weight is 447 g/mol. The highest BCUT2D eigenvalue weighted by Gasteiger charge is 2.16. The zero-order valence-electron chi connectivity index (χ0n) is 12.5. The Morgan fingerprint density at radius 2 is 1.87 bits per heavy atom. The van der Waals surface area contributed by atoms with Crippen LogP contribution in [0, 0.1) is 6.92 Å². The molecule has 1 aromatic heterocycles. The molecule has 2 aromatic rings. The first-order chi connectivity index (χ1) is 11.0. The number of carbonyl (C=O) groups is 1. The van der Waals surface area contributed by atoms with Gasteiger partial charge in [-0.3, -0.25) is 0 Å². The summed E-state index contributed by atoms with van der Waals surface area (Å²) in [5.74, 6) is -0.244. The van der Waals surface area contributed by atoms with Crippen LogP contribution in [0.2, 0.25) is 0 Å². The largest absolute Gasteiger partial charge is 0.500 e. The minimum atomic E-state index is -0.639. The van der Waals surface area contributed by atoms with Crippen LogP contribution in [0.4, 0.5) is 0 Å². The number of aromatic nitrogens is 3. The second-order valence-corrected chi connectivity index (χ2v) is 5.83. The van der Waals surface area contributed by atoms with Gasteiger partial charge in [-0.15, -0.1) is 15.0 Å². The smallest absolute Gasteiger partial charge is 0.377 e. The first kappa shape index (κ1) is 17.5. The van der Waals surface area contributed by atoms with E-state index in [-0.39, 0.29) is 5.76 Å². The Hall–Kier alpha value is -1.87. The van der Waals surface area contributed by atoms with Crippen LogP contribution in [-0.4, -0.2) is 35.2 Å². The van der Waals surface area contributed by atoms with Gasteiger partial charge in [0.1, 0.15) is 12.0 Å². The van der Waals surface area contributed by atoms with Gasteiger partial charge in [0.05, 0.1) is 19.9 Å².